The first kappa shape index (κ1) is 15.8. The molecule has 1 aliphatic rings. The summed E-state index contributed by atoms with van der Waals surface area (Å²) in [7, 11) is 0. The van der Waals surface area contributed by atoms with E-state index in [9.17, 15) is 14.7 Å². The molecule has 114 valence electrons. The van der Waals surface area contributed by atoms with E-state index in [-0.39, 0.29) is 11.9 Å². The summed E-state index contributed by atoms with van der Waals surface area (Å²) in [6.45, 7) is 2.02. The van der Waals surface area contributed by atoms with Gasteiger partial charge in [0.05, 0.1) is 5.92 Å². The molecule has 1 amide bonds. The third kappa shape index (κ3) is 4.70. The van der Waals surface area contributed by atoms with Crippen LogP contribution in [0.25, 0.3) is 6.08 Å². The lowest BCUT2D eigenvalue weighted by molar-refractivity contribution is -0.143. The fourth-order valence-electron chi connectivity index (χ4n) is 2.71. The lowest BCUT2D eigenvalue weighted by Crippen LogP contribution is -2.42. The molecule has 0 saturated heterocycles. The van der Waals surface area contributed by atoms with Crippen molar-refractivity contribution in [2.75, 3.05) is 0 Å². The molecule has 1 aliphatic carbocycles. The van der Waals surface area contributed by atoms with Crippen LogP contribution in [0.2, 0.25) is 0 Å². The van der Waals surface area contributed by atoms with Crippen molar-refractivity contribution in [3.63, 3.8) is 0 Å². The van der Waals surface area contributed by atoms with Crippen LogP contribution >= 0.6 is 11.3 Å². The maximum Gasteiger partial charge on any atom is 0.308 e. The average molecular weight is 307 g/mol. The molecule has 21 heavy (non-hydrogen) atoms. The van der Waals surface area contributed by atoms with Gasteiger partial charge in [-0.15, -0.1) is 11.3 Å². The van der Waals surface area contributed by atoms with Gasteiger partial charge in [0.25, 0.3) is 0 Å². The molecule has 1 saturated carbocycles. The summed E-state index contributed by atoms with van der Waals surface area (Å²) in [6.07, 6.45) is 7.61. The SMILES string of the molecule is Cc1ccc(/C=C/C(=O)NC2CCCCCC2C(=O)O)s1. The van der Waals surface area contributed by atoms with Gasteiger partial charge < -0.3 is 10.4 Å². The quantitative estimate of drug-likeness (QED) is 0.663. The first-order valence-corrected chi connectivity index (χ1v) is 8.16. The zero-order valence-corrected chi connectivity index (χ0v) is 13.0. The molecule has 0 aromatic carbocycles. The number of aliphatic carboxylic acids is 1. The molecule has 5 heteroatoms. The second-order valence-corrected chi connectivity index (χ2v) is 6.80. The fraction of sp³-hybridized carbons (Fsp3) is 0.500. The van der Waals surface area contributed by atoms with E-state index in [0.717, 1.165) is 30.6 Å². The minimum atomic E-state index is -0.805. The highest BCUT2D eigenvalue weighted by atomic mass is 32.1. The Labute approximate surface area is 128 Å². The molecule has 0 spiro atoms. The number of hydrogen-bond donors (Lipinski definition) is 2. The first-order chi connectivity index (χ1) is 10.1. The lowest BCUT2D eigenvalue weighted by Gasteiger charge is -2.22. The van der Waals surface area contributed by atoms with E-state index in [1.54, 1.807) is 17.4 Å². The summed E-state index contributed by atoms with van der Waals surface area (Å²) in [4.78, 5) is 25.5. The van der Waals surface area contributed by atoms with Crippen molar-refractivity contribution in [1.82, 2.24) is 5.32 Å². The highest BCUT2D eigenvalue weighted by Crippen LogP contribution is 2.24. The molecule has 1 heterocycles. The summed E-state index contributed by atoms with van der Waals surface area (Å²) in [5.74, 6) is -1.48. The maximum atomic E-state index is 12.0. The van der Waals surface area contributed by atoms with Crippen molar-refractivity contribution in [2.45, 2.75) is 45.1 Å². The van der Waals surface area contributed by atoms with Crippen LogP contribution in [-0.4, -0.2) is 23.0 Å². The van der Waals surface area contributed by atoms with Gasteiger partial charge in [-0.3, -0.25) is 9.59 Å². The van der Waals surface area contributed by atoms with Crippen LogP contribution in [0.15, 0.2) is 18.2 Å². The molecule has 1 aromatic rings. The highest BCUT2D eigenvalue weighted by Gasteiger charge is 2.30. The average Bonchev–Trinajstić information content (AvgIpc) is 2.70. The molecule has 0 aliphatic heterocycles. The van der Waals surface area contributed by atoms with Crippen LogP contribution in [0.3, 0.4) is 0 Å². The van der Waals surface area contributed by atoms with Gasteiger partial charge in [0.15, 0.2) is 0 Å². The topological polar surface area (TPSA) is 66.4 Å². The molecule has 2 rings (SSSR count). The Kier molecular flexibility index (Phi) is 5.56. The minimum Gasteiger partial charge on any atom is -0.481 e. The fourth-order valence-corrected chi connectivity index (χ4v) is 3.49. The van der Waals surface area contributed by atoms with Crippen LogP contribution in [0.1, 0.15) is 41.9 Å². The van der Waals surface area contributed by atoms with E-state index in [0.29, 0.717) is 6.42 Å². The number of thiophene rings is 1. The number of carboxylic acid groups (broad SMARTS) is 1. The third-order valence-electron chi connectivity index (χ3n) is 3.82. The van der Waals surface area contributed by atoms with E-state index >= 15 is 0 Å². The molecule has 2 unspecified atom stereocenters. The Hall–Kier alpha value is -1.62. The van der Waals surface area contributed by atoms with E-state index < -0.39 is 11.9 Å². The number of rotatable bonds is 4. The normalized spacial score (nSPS) is 22.9. The third-order valence-corrected chi connectivity index (χ3v) is 4.79. The summed E-state index contributed by atoms with van der Waals surface area (Å²) < 4.78 is 0. The van der Waals surface area contributed by atoms with Gasteiger partial charge >= 0.3 is 5.97 Å². The summed E-state index contributed by atoms with van der Waals surface area (Å²) in [5, 5.41) is 12.2. The Morgan fingerprint density at radius 2 is 2.05 bits per heavy atom. The van der Waals surface area contributed by atoms with Gasteiger partial charge in [0.2, 0.25) is 5.91 Å². The second kappa shape index (κ2) is 7.41. The maximum absolute atomic E-state index is 12.0. The summed E-state index contributed by atoms with van der Waals surface area (Å²) in [6, 6.07) is 3.72. The monoisotopic (exact) mass is 307 g/mol. The van der Waals surface area contributed by atoms with Crippen LogP contribution < -0.4 is 5.32 Å². The molecule has 2 N–H and O–H groups in total. The Bertz CT molecular complexity index is 535. The number of carbonyl (C=O) groups is 2. The van der Waals surface area contributed by atoms with Gasteiger partial charge in [-0.05, 0) is 38.0 Å². The molecular weight excluding hydrogens is 286 g/mol. The Balaban J connectivity index is 1.96. The number of carbonyl (C=O) groups excluding carboxylic acids is 1. The van der Waals surface area contributed by atoms with Crippen molar-refractivity contribution in [3.8, 4) is 0 Å². The van der Waals surface area contributed by atoms with Crippen LogP contribution in [-0.2, 0) is 9.59 Å². The van der Waals surface area contributed by atoms with E-state index in [1.807, 2.05) is 19.1 Å². The predicted octanol–water partition coefficient (Wildman–Crippen LogP) is 3.22. The molecule has 0 radical (unpaired) electrons. The predicted molar refractivity (Wildman–Crippen MR) is 84.2 cm³/mol. The van der Waals surface area contributed by atoms with E-state index in [4.69, 9.17) is 0 Å². The summed E-state index contributed by atoms with van der Waals surface area (Å²) in [5.41, 5.74) is 0. The van der Waals surface area contributed by atoms with Crippen molar-refractivity contribution < 1.29 is 14.7 Å². The molecular formula is C16H21NO3S. The van der Waals surface area contributed by atoms with Gasteiger partial charge in [0.1, 0.15) is 0 Å². The number of nitrogens with one attached hydrogen (secondary N) is 1. The van der Waals surface area contributed by atoms with Crippen LogP contribution in [0, 0.1) is 12.8 Å². The zero-order valence-electron chi connectivity index (χ0n) is 12.2. The highest BCUT2D eigenvalue weighted by molar-refractivity contribution is 7.12. The Morgan fingerprint density at radius 1 is 1.29 bits per heavy atom. The van der Waals surface area contributed by atoms with Crippen molar-refractivity contribution in [1.29, 1.82) is 0 Å². The summed E-state index contributed by atoms with van der Waals surface area (Å²) >= 11 is 1.62. The van der Waals surface area contributed by atoms with Gasteiger partial charge in [-0.1, -0.05) is 19.3 Å². The van der Waals surface area contributed by atoms with E-state index in [2.05, 4.69) is 5.32 Å². The van der Waals surface area contributed by atoms with E-state index in [1.165, 1.54) is 11.0 Å². The smallest absolute Gasteiger partial charge is 0.308 e. The van der Waals surface area contributed by atoms with Crippen molar-refractivity contribution >= 4 is 29.3 Å². The Morgan fingerprint density at radius 3 is 2.71 bits per heavy atom. The number of hydrogen-bond acceptors (Lipinski definition) is 3. The minimum absolute atomic E-state index is 0.209. The number of aryl methyl sites for hydroxylation is 1. The molecule has 2 atom stereocenters. The molecule has 0 bridgehead atoms. The largest absolute Gasteiger partial charge is 0.481 e. The van der Waals surface area contributed by atoms with Gasteiger partial charge in [-0.25, -0.2) is 0 Å². The van der Waals surface area contributed by atoms with Crippen molar-refractivity contribution in [3.05, 3.63) is 28.0 Å². The molecule has 1 aromatic heterocycles. The van der Waals surface area contributed by atoms with Crippen molar-refractivity contribution in [2.24, 2.45) is 5.92 Å². The number of carboxylic acids is 1. The second-order valence-electron chi connectivity index (χ2n) is 5.48. The molecule has 1 fully saturated rings. The number of amides is 1. The van der Waals surface area contributed by atoms with Gasteiger partial charge in [0, 0.05) is 21.9 Å². The first-order valence-electron chi connectivity index (χ1n) is 7.34. The molecule has 4 nitrogen and oxygen atoms in total. The lowest BCUT2D eigenvalue weighted by atomic mass is 9.95. The van der Waals surface area contributed by atoms with Crippen LogP contribution in [0.4, 0.5) is 0 Å². The zero-order chi connectivity index (χ0) is 15.2. The standard InChI is InChI=1S/C16H21NO3S/c1-11-7-8-12(21-11)9-10-15(18)17-14-6-4-2-3-5-13(14)16(19)20/h7-10,13-14H,2-6H2,1H3,(H,17,18)(H,19,20)/b10-9+. The van der Waals surface area contributed by atoms with Crippen LogP contribution in [0.5, 0.6) is 0 Å². The van der Waals surface area contributed by atoms with Gasteiger partial charge in [-0.2, -0.15) is 0 Å².